The van der Waals surface area contributed by atoms with Crippen LogP contribution in [0.1, 0.15) is 46.4 Å². The average Bonchev–Trinajstić information content (AvgIpc) is 3.39. The van der Waals surface area contributed by atoms with E-state index in [-0.39, 0.29) is 5.78 Å². The molecule has 2 aromatic heterocycles. The summed E-state index contributed by atoms with van der Waals surface area (Å²) in [5.74, 6) is 0.480. The van der Waals surface area contributed by atoms with Gasteiger partial charge in [0.25, 0.3) is 0 Å². The van der Waals surface area contributed by atoms with Gasteiger partial charge in [-0.25, -0.2) is 4.68 Å². The lowest BCUT2D eigenvalue weighted by molar-refractivity contribution is 0.0920. The number of benzene rings is 2. The van der Waals surface area contributed by atoms with Crippen molar-refractivity contribution in [2.24, 2.45) is 5.92 Å². The molecule has 0 bridgehead atoms. The second-order valence-corrected chi connectivity index (χ2v) is 9.37. The number of hydrogen-bond donors (Lipinski definition) is 0. The fourth-order valence-corrected chi connectivity index (χ4v) is 4.65. The lowest BCUT2D eigenvalue weighted by Gasteiger charge is -2.31. The Kier molecular flexibility index (Phi) is 7.25. The highest BCUT2D eigenvalue weighted by molar-refractivity contribution is 5.94. The summed E-state index contributed by atoms with van der Waals surface area (Å²) < 4.78 is 1.80. The van der Waals surface area contributed by atoms with Crippen molar-refractivity contribution in [3.63, 3.8) is 0 Å². The number of nitriles is 1. The maximum atomic E-state index is 12.9. The molecule has 0 unspecified atom stereocenters. The minimum atomic E-state index is 0.0971. The molecule has 1 aliphatic rings. The standard InChI is InChI=1S/C29H28N6O/c30-17-23-6-8-25(9-7-23)19-34-14-12-22(13-15-34)16-29(36)27-11-10-26(18-31-27)28-21-35(33-32-28)20-24-4-2-1-3-5-24/h1-11,18,21-22H,12-16,19-20H2. The van der Waals surface area contributed by atoms with Crippen molar-refractivity contribution in [2.45, 2.75) is 32.4 Å². The summed E-state index contributed by atoms with van der Waals surface area (Å²) >= 11 is 0. The van der Waals surface area contributed by atoms with Crippen LogP contribution in [0.25, 0.3) is 11.3 Å². The first-order chi connectivity index (χ1) is 17.7. The predicted octanol–water partition coefficient (Wildman–Crippen LogP) is 4.75. The van der Waals surface area contributed by atoms with Gasteiger partial charge in [0.1, 0.15) is 11.4 Å². The van der Waals surface area contributed by atoms with E-state index in [1.807, 2.05) is 54.7 Å². The molecule has 0 amide bonds. The van der Waals surface area contributed by atoms with E-state index >= 15 is 0 Å². The van der Waals surface area contributed by atoms with Gasteiger partial charge in [-0.1, -0.05) is 47.7 Å². The Morgan fingerprint density at radius 2 is 1.69 bits per heavy atom. The highest BCUT2D eigenvalue weighted by atomic mass is 16.1. The third-order valence-electron chi connectivity index (χ3n) is 6.74. The number of nitrogens with zero attached hydrogens (tertiary/aromatic N) is 6. The molecule has 7 heteroatoms. The van der Waals surface area contributed by atoms with Gasteiger partial charge in [-0.2, -0.15) is 5.26 Å². The normalized spacial score (nSPS) is 14.4. The Morgan fingerprint density at radius 1 is 0.944 bits per heavy atom. The zero-order valence-electron chi connectivity index (χ0n) is 20.1. The number of piperidine rings is 1. The fourth-order valence-electron chi connectivity index (χ4n) is 4.65. The number of Topliss-reactive ketones (excluding diaryl/α,β-unsaturated/α-hetero) is 1. The van der Waals surface area contributed by atoms with Crippen molar-refractivity contribution < 1.29 is 4.79 Å². The van der Waals surface area contributed by atoms with E-state index in [9.17, 15) is 4.79 Å². The van der Waals surface area contributed by atoms with Gasteiger partial charge in [0, 0.05) is 24.7 Å². The van der Waals surface area contributed by atoms with Crippen LogP contribution >= 0.6 is 0 Å². The molecule has 0 aliphatic carbocycles. The lowest BCUT2D eigenvalue weighted by atomic mass is 9.90. The van der Waals surface area contributed by atoms with Crippen molar-refractivity contribution in [3.05, 3.63) is 102 Å². The van der Waals surface area contributed by atoms with Gasteiger partial charge in [0.15, 0.2) is 5.78 Å². The molecule has 0 saturated carbocycles. The van der Waals surface area contributed by atoms with Gasteiger partial charge in [-0.3, -0.25) is 14.7 Å². The Labute approximate surface area is 211 Å². The molecule has 5 rings (SSSR count). The van der Waals surface area contributed by atoms with E-state index in [1.54, 1.807) is 16.9 Å². The number of carbonyl (C=O) groups is 1. The van der Waals surface area contributed by atoms with E-state index in [4.69, 9.17) is 5.26 Å². The van der Waals surface area contributed by atoms with E-state index in [1.165, 1.54) is 5.56 Å². The molecule has 1 saturated heterocycles. The molecule has 36 heavy (non-hydrogen) atoms. The number of rotatable bonds is 8. The smallest absolute Gasteiger partial charge is 0.181 e. The summed E-state index contributed by atoms with van der Waals surface area (Å²) in [6, 6.07) is 23.8. The predicted molar refractivity (Wildman–Crippen MR) is 137 cm³/mol. The third-order valence-corrected chi connectivity index (χ3v) is 6.74. The number of likely N-dealkylation sites (tertiary alicyclic amines) is 1. The van der Waals surface area contributed by atoms with Gasteiger partial charge in [0.05, 0.1) is 24.4 Å². The van der Waals surface area contributed by atoms with Crippen LogP contribution < -0.4 is 0 Å². The molecule has 7 nitrogen and oxygen atoms in total. The third kappa shape index (κ3) is 5.91. The molecular formula is C29H28N6O. The topological polar surface area (TPSA) is 87.7 Å². The number of hydrogen-bond acceptors (Lipinski definition) is 6. The van der Waals surface area contributed by atoms with Crippen molar-refractivity contribution in [1.29, 1.82) is 5.26 Å². The van der Waals surface area contributed by atoms with E-state index in [0.29, 0.717) is 30.1 Å². The molecule has 0 N–H and O–H groups in total. The van der Waals surface area contributed by atoms with Crippen LogP contribution in [0.15, 0.2) is 79.1 Å². The monoisotopic (exact) mass is 476 g/mol. The maximum absolute atomic E-state index is 12.9. The van der Waals surface area contributed by atoms with Crippen molar-refractivity contribution in [2.75, 3.05) is 13.1 Å². The number of pyridine rings is 1. The second-order valence-electron chi connectivity index (χ2n) is 9.37. The van der Waals surface area contributed by atoms with Crippen LogP contribution in [0.3, 0.4) is 0 Å². The minimum absolute atomic E-state index is 0.0971. The SMILES string of the molecule is N#Cc1ccc(CN2CCC(CC(=O)c3ccc(-c4cn(Cc5ccccc5)nn4)cn3)CC2)cc1. The molecule has 3 heterocycles. The first-order valence-corrected chi connectivity index (χ1v) is 12.3. The van der Waals surface area contributed by atoms with Gasteiger partial charge in [-0.05, 0) is 67.2 Å². The van der Waals surface area contributed by atoms with Gasteiger partial charge < -0.3 is 0 Å². The molecule has 0 radical (unpaired) electrons. The molecule has 2 aromatic carbocycles. The first-order valence-electron chi connectivity index (χ1n) is 12.3. The fraction of sp³-hybridized carbons (Fsp3) is 0.276. The lowest BCUT2D eigenvalue weighted by Crippen LogP contribution is -2.34. The average molecular weight is 477 g/mol. The number of carbonyl (C=O) groups excluding carboxylic acids is 1. The maximum Gasteiger partial charge on any atom is 0.181 e. The van der Waals surface area contributed by atoms with Gasteiger partial charge >= 0.3 is 0 Å². The molecule has 0 atom stereocenters. The van der Waals surface area contributed by atoms with Crippen molar-refractivity contribution in [3.8, 4) is 17.3 Å². The molecule has 180 valence electrons. The first kappa shape index (κ1) is 23.6. The zero-order valence-corrected chi connectivity index (χ0v) is 20.1. The zero-order chi connectivity index (χ0) is 24.7. The van der Waals surface area contributed by atoms with Crippen LogP contribution in [0.5, 0.6) is 0 Å². The molecule has 0 spiro atoms. The van der Waals surface area contributed by atoms with E-state index < -0.39 is 0 Å². The molecule has 1 aliphatic heterocycles. The van der Waals surface area contributed by atoms with Crippen LogP contribution in [0.2, 0.25) is 0 Å². The second kappa shape index (κ2) is 11.1. The van der Waals surface area contributed by atoms with Crippen LogP contribution in [0, 0.1) is 17.2 Å². The minimum Gasteiger partial charge on any atom is -0.299 e. The van der Waals surface area contributed by atoms with E-state index in [2.05, 4.69) is 38.4 Å². The van der Waals surface area contributed by atoms with Crippen LogP contribution in [-0.4, -0.2) is 43.8 Å². The molecule has 1 fully saturated rings. The number of aromatic nitrogens is 4. The van der Waals surface area contributed by atoms with Crippen LogP contribution in [0.4, 0.5) is 0 Å². The summed E-state index contributed by atoms with van der Waals surface area (Å²) in [4.78, 5) is 19.7. The van der Waals surface area contributed by atoms with Crippen LogP contribution in [-0.2, 0) is 13.1 Å². The summed E-state index contributed by atoms with van der Waals surface area (Å²) in [7, 11) is 0. The number of ketones is 1. The summed E-state index contributed by atoms with van der Waals surface area (Å²) in [6.45, 7) is 3.49. The van der Waals surface area contributed by atoms with Crippen molar-refractivity contribution >= 4 is 5.78 Å². The molecular weight excluding hydrogens is 448 g/mol. The Bertz CT molecular complexity index is 1330. The van der Waals surface area contributed by atoms with Crippen molar-refractivity contribution in [1.82, 2.24) is 24.9 Å². The van der Waals surface area contributed by atoms with E-state index in [0.717, 1.165) is 49.3 Å². The summed E-state index contributed by atoms with van der Waals surface area (Å²) in [5.41, 5.74) is 5.16. The Balaban J connectivity index is 1.11. The summed E-state index contributed by atoms with van der Waals surface area (Å²) in [5, 5.41) is 17.4. The largest absolute Gasteiger partial charge is 0.299 e. The quantitative estimate of drug-likeness (QED) is 0.341. The highest BCUT2D eigenvalue weighted by Crippen LogP contribution is 2.24. The summed E-state index contributed by atoms with van der Waals surface area (Å²) in [6.07, 6.45) is 6.15. The molecule has 4 aromatic rings. The highest BCUT2D eigenvalue weighted by Gasteiger charge is 2.22. The Hall–Kier alpha value is -4.15. The Morgan fingerprint density at radius 3 is 2.39 bits per heavy atom. The van der Waals surface area contributed by atoms with Gasteiger partial charge in [-0.15, -0.1) is 5.10 Å². The van der Waals surface area contributed by atoms with Gasteiger partial charge in [0.2, 0.25) is 0 Å².